The monoisotopic (exact) mass is 567 g/mol. The van der Waals surface area contributed by atoms with Crippen LogP contribution in [0, 0.1) is 0 Å². The first kappa shape index (κ1) is 28.9. The number of hydrogen-bond acceptors (Lipinski definition) is 7. The summed E-state index contributed by atoms with van der Waals surface area (Å²) in [7, 11) is 0. The number of aromatic nitrogens is 1. The first-order valence-corrected chi connectivity index (χ1v) is 14.0. The molecule has 4 aromatic rings. The van der Waals surface area contributed by atoms with E-state index in [1.54, 1.807) is 33.0 Å². The van der Waals surface area contributed by atoms with Gasteiger partial charge < -0.3 is 26.2 Å². The second kappa shape index (κ2) is 11.7. The molecule has 0 aliphatic heterocycles. The largest absolute Gasteiger partial charge is 0.444 e. The van der Waals surface area contributed by atoms with Crippen molar-refractivity contribution in [3.05, 3.63) is 95.7 Å². The maximum Gasteiger partial charge on any atom is 0.413 e. The minimum atomic E-state index is -0.692. The molecule has 1 atom stereocenters. The van der Waals surface area contributed by atoms with Gasteiger partial charge >= 0.3 is 6.09 Å². The number of nitrogen functional groups attached to an aromatic ring is 1. The Morgan fingerprint density at radius 2 is 1.81 bits per heavy atom. The summed E-state index contributed by atoms with van der Waals surface area (Å²) >= 11 is 0. The van der Waals surface area contributed by atoms with Crippen molar-refractivity contribution < 1.29 is 19.4 Å². The molecule has 5 rings (SSSR count). The van der Waals surface area contributed by atoms with Crippen LogP contribution in [0.3, 0.4) is 0 Å². The van der Waals surface area contributed by atoms with E-state index in [1.165, 1.54) is 0 Å². The number of aliphatic hydroxyl groups is 1. The van der Waals surface area contributed by atoms with Gasteiger partial charge in [-0.05, 0) is 92.1 Å². The van der Waals surface area contributed by atoms with E-state index in [9.17, 15) is 14.7 Å². The Labute approximate surface area is 245 Å². The lowest BCUT2D eigenvalue weighted by Gasteiger charge is -2.22. The van der Waals surface area contributed by atoms with Gasteiger partial charge in [-0.2, -0.15) is 0 Å². The Balaban J connectivity index is 1.39. The standard InChI is InChI=1S/C33H37N5O4/c1-32(2,3)42-31(41)38-29-27-12-11-26(18-23(27)13-16-35-29)37-28(30(40)36-19-21-5-4-6-25(34)17-21)22-7-9-24(10-8-22)33(20-39)14-15-33/h4-13,16-18,28,37,39H,14-15,19-20,34H2,1-3H3,(H,36,40)(H,35,38,41). The zero-order valence-electron chi connectivity index (χ0n) is 24.1. The number of rotatable bonds is 9. The third-order valence-corrected chi connectivity index (χ3v) is 7.39. The fraction of sp³-hybridized carbons (Fsp3) is 0.303. The van der Waals surface area contributed by atoms with Crippen molar-refractivity contribution in [2.24, 2.45) is 0 Å². The number of pyridine rings is 1. The molecule has 0 bridgehead atoms. The average Bonchev–Trinajstić information content (AvgIpc) is 3.75. The molecule has 1 aliphatic rings. The normalized spacial score (nSPS) is 14.6. The molecule has 1 unspecified atom stereocenters. The highest BCUT2D eigenvalue weighted by Gasteiger charge is 2.43. The van der Waals surface area contributed by atoms with Gasteiger partial charge in [-0.15, -0.1) is 0 Å². The molecular weight excluding hydrogens is 530 g/mol. The lowest BCUT2D eigenvalue weighted by molar-refractivity contribution is -0.122. The van der Waals surface area contributed by atoms with Crippen molar-refractivity contribution in [3.63, 3.8) is 0 Å². The zero-order valence-corrected chi connectivity index (χ0v) is 24.1. The fourth-order valence-corrected chi connectivity index (χ4v) is 4.95. The van der Waals surface area contributed by atoms with E-state index in [4.69, 9.17) is 10.5 Å². The second-order valence-corrected chi connectivity index (χ2v) is 11.8. The van der Waals surface area contributed by atoms with Gasteiger partial charge in [0.25, 0.3) is 0 Å². The highest BCUT2D eigenvalue weighted by Crippen LogP contribution is 2.47. The molecule has 1 heterocycles. The zero-order chi connectivity index (χ0) is 29.9. The number of benzene rings is 3. The summed E-state index contributed by atoms with van der Waals surface area (Å²) in [5.74, 6) is 0.189. The third-order valence-electron chi connectivity index (χ3n) is 7.39. The molecular formula is C33H37N5O4. The molecule has 9 nitrogen and oxygen atoms in total. The van der Waals surface area contributed by atoms with E-state index in [1.807, 2.05) is 66.7 Å². The molecule has 1 aliphatic carbocycles. The average molecular weight is 568 g/mol. The van der Waals surface area contributed by atoms with Crippen LogP contribution in [0.4, 0.5) is 22.0 Å². The summed E-state index contributed by atoms with van der Waals surface area (Å²) in [4.78, 5) is 30.3. The number of carbonyl (C=O) groups excluding carboxylic acids is 2. The van der Waals surface area contributed by atoms with Crippen LogP contribution in [0.25, 0.3) is 10.8 Å². The number of hydrogen-bond donors (Lipinski definition) is 5. The number of amides is 2. The van der Waals surface area contributed by atoms with Gasteiger partial charge in [-0.1, -0.05) is 36.4 Å². The minimum Gasteiger partial charge on any atom is -0.444 e. The number of fused-ring (bicyclic) bond motifs is 1. The van der Waals surface area contributed by atoms with Crippen molar-refractivity contribution in [1.82, 2.24) is 10.3 Å². The van der Waals surface area contributed by atoms with Crippen LogP contribution >= 0.6 is 0 Å². The fourth-order valence-electron chi connectivity index (χ4n) is 4.95. The molecule has 3 aromatic carbocycles. The molecule has 42 heavy (non-hydrogen) atoms. The van der Waals surface area contributed by atoms with Crippen LogP contribution in [-0.2, 0) is 21.5 Å². The van der Waals surface area contributed by atoms with Crippen molar-refractivity contribution in [1.29, 1.82) is 0 Å². The smallest absolute Gasteiger partial charge is 0.413 e. The van der Waals surface area contributed by atoms with Crippen molar-refractivity contribution in [2.45, 2.75) is 57.2 Å². The number of ether oxygens (including phenoxy) is 1. The lowest BCUT2D eigenvalue weighted by Crippen LogP contribution is -2.33. The summed E-state index contributed by atoms with van der Waals surface area (Å²) in [6, 6.07) is 22.1. The first-order valence-electron chi connectivity index (χ1n) is 14.0. The maximum absolute atomic E-state index is 13.6. The van der Waals surface area contributed by atoms with Gasteiger partial charge in [-0.25, -0.2) is 9.78 Å². The number of nitrogens with one attached hydrogen (secondary N) is 3. The molecule has 1 aromatic heterocycles. The van der Waals surface area contributed by atoms with Crippen molar-refractivity contribution >= 4 is 40.0 Å². The number of aliphatic hydroxyl groups excluding tert-OH is 1. The van der Waals surface area contributed by atoms with Gasteiger partial charge in [0.05, 0.1) is 6.61 Å². The summed E-state index contributed by atoms with van der Waals surface area (Å²) in [5, 5.41) is 20.6. The number of nitrogens with zero attached hydrogens (tertiary/aromatic N) is 1. The van der Waals surface area contributed by atoms with Gasteiger partial charge in [0.1, 0.15) is 17.5 Å². The van der Waals surface area contributed by atoms with E-state index in [0.717, 1.165) is 46.0 Å². The van der Waals surface area contributed by atoms with Crippen LogP contribution < -0.4 is 21.7 Å². The van der Waals surface area contributed by atoms with Gasteiger partial charge in [0, 0.05) is 34.9 Å². The maximum atomic E-state index is 13.6. The number of anilines is 3. The number of nitrogens with two attached hydrogens (primary N) is 1. The molecule has 2 amide bonds. The van der Waals surface area contributed by atoms with E-state index in [0.29, 0.717) is 18.1 Å². The molecule has 0 spiro atoms. The Kier molecular flexibility index (Phi) is 8.04. The van der Waals surface area contributed by atoms with Gasteiger partial charge in [0.15, 0.2) is 0 Å². The molecule has 1 saturated carbocycles. The highest BCUT2D eigenvalue weighted by atomic mass is 16.6. The Hall–Kier alpha value is -4.63. The van der Waals surface area contributed by atoms with Gasteiger partial charge in [-0.3, -0.25) is 10.1 Å². The summed E-state index contributed by atoms with van der Waals surface area (Å²) in [5.41, 5.74) is 9.25. The summed E-state index contributed by atoms with van der Waals surface area (Å²) in [6.07, 6.45) is 2.95. The van der Waals surface area contributed by atoms with Crippen LogP contribution in [-0.4, -0.2) is 34.3 Å². The molecule has 1 fully saturated rings. The quantitative estimate of drug-likeness (QED) is 0.165. The summed E-state index contributed by atoms with van der Waals surface area (Å²) < 4.78 is 5.38. The van der Waals surface area contributed by atoms with E-state index in [-0.39, 0.29) is 17.9 Å². The van der Waals surface area contributed by atoms with Crippen molar-refractivity contribution in [3.8, 4) is 0 Å². The first-order chi connectivity index (χ1) is 20.0. The van der Waals surface area contributed by atoms with E-state index >= 15 is 0 Å². The number of carbonyl (C=O) groups is 2. The highest BCUT2D eigenvalue weighted by molar-refractivity contribution is 5.99. The van der Waals surface area contributed by atoms with Crippen molar-refractivity contribution in [2.75, 3.05) is 23.0 Å². The molecule has 0 radical (unpaired) electrons. The molecule has 0 saturated heterocycles. The molecule has 6 N–H and O–H groups in total. The van der Waals surface area contributed by atoms with Gasteiger partial charge in [0.2, 0.25) is 5.91 Å². The Bertz CT molecular complexity index is 1590. The molecule has 9 heteroatoms. The Morgan fingerprint density at radius 3 is 2.48 bits per heavy atom. The van der Waals surface area contributed by atoms with E-state index in [2.05, 4.69) is 20.9 Å². The topological polar surface area (TPSA) is 139 Å². The van der Waals surface area contributed by atoms with Crippen LogP contribution in [0.2, 0.25) is 0 Å². The lowest BCUT2D eigenvalue weighted by atomic mass is 9.94. The third kappa shape index (κ3) is 6.80. The Morgan fingerprint density at radius 1 is 1.05 bits per heavy atom. The SMILES string of the molecule is CC(C)(C)OC(=O)Nc1nccc2cc(NC(C(=O)NCc3cccc(N)c3)c3ccc(C4(CO)CC4)cc3)ccc12. The van der Waals surface area contributed by atoms with E-state index < -0.39 is 17.7 Å². The summed E-state index contributed by atoms with van der Waals surface area (Å²) in [6.45, 7) is 5.84. The van der Waals surface area contributed by atoms with Crippen LogP contribution in [0.5, 0.6) is 0 Å². The van der Waals surface area contributed by atoms with Crippen LogP contribution in [0.15, 0.2) is 79.0 Å². The van der Waals surface area contributed by atoms with Crippen LogP contribution in [0.1, 0.15) is 56.3 Å². The second-order valence-electron chi connectivity index (χ2n) is 11.8. The molecule has 218 valence electrons. The predicted octanol–water partition coefficient (Wildman–Crippen LogP) is 5.66. The minimum absolute atomic E-state index is 0.117. The predicted molar refractivity (Wildman–Crippen MR) is 165 cm³/mol.